The van der Waals surface area contributed by atoms with Gasteiger partial charge in [-0.3, -0.25) is 0 Å². The lowest BCUT2D eigenvalue weighted by atomic mass is 10.2. The Hall–Kier alpha value is -1.32. The smallest absolute Gasteiger partial charge is 0.123 e. The van der Waals surface area contributed by atoms with Crippen LogP contribution in [0.25, 0.3) is 0 Å². The fourth-order valence-corrected chi connectivity index (χ4v) is 2.90. The zero-order chi connectivity index (χ0) is 13.7. The van der Waals surface area contributed by atoms with Crippen molar-refractivity contribution in [2.45, 2.75) is 33.4 Å². The lowest BCUT2D eigenvalue weighted by molar-refractivity contribution is 0.335. The van der Waals surface area contributed by atoms with Gasteiger partial charge in [-0.2, -0.15) is 0 Å². The number of hydrogen-bond acceptors (Lipinski definition) is 3. The van der Waals surface area contributed by atoms with Gasteiger partial charge in [-0.25, -0.2) is 0 Å². The maximum absolute atomic E-state index is 5.64. The van der Waals surface area contributed by atoms with Crippen molar-refractivity contribution in [2.75, 3.05) is 6.61 Å². The van der Waals surface area contributed by atoms with Gasteiger partial charge in [0.15, 0.2) is 0 Å². The normalized spacial score (nSPS) is 12.4. The van der Waals surface area contributed by atoms with Gasteiger partial charge >= 0.3 is 0 Å². The van der Waals surface area contributed by atoms with Crippen LogP contribution in [0.2, 0.25) is 0 Å². The molecule has 0 amide bonds. The van der Waals surface area contributed by atoms with Crippen molar-refractivity contribution in [2.24, 2.45) is 0 Å². The molecule has 1 heterocycles. The summed E-state index contributed by atoms with van der Waals surface area (Å²) in [4.78, 5) is 2.74. The highest BCUT2D eigenvalue weighted by Crippen LogP contribution is 2.24. The molecule has 0 radical (unpaired) electrons. The Labute approximate surface area is 119 Å². The molecule has 19 heavy (non-hydrogen) atoms. The molecule has 3 heteroatoms. The highest BCUT2D eigenvalue weighted by molar-refractivity contribution is 7.12. The summed E-state index contributed by atoms with van der Waals surface area (Å²) < 4.78 is 5.64. The summed E-state index contributed by atoms with van der Waals surface area (Å²) in [6, 6.07) is 13.0. The molecule has 2 aromatic rings. The summed E-state index contributed by atoms with van der Waals surface area (Å²) in [6.07, 6.45) is 0. The van der Waals surface area contributed by atoms with Crippen LogP contribution < -0.4 is 10.1 Å². The maximum Gasteiger partial charge on any atom is 0.123 e. The summed E-state index contributed by atoms with van der Waals surface area (Å²) in [5, 5.41) is 3.56. The number of nitrogens with one attached hydrogen (secondary N) is 1. The standard InChI is InChI=1S/C16H21NOS/c1-4-18-15-8-6-5-7-14(15)11-17-13(3)16-10-9-12(2)19-16/h5-10,13,17H,4,11H2,1-3H3. The molecule has 2 nitrogen and oxygen atoms in total. The number of rotatable bonds is 6. The first kappa shape index (κ1) is 14.1. The first-order valence-electron chi connectivity index (χ1n) is 6.71. The van der Waals surface area contributed by atoms with E-state index < -0.39 is 0 Å². The summed E-state index contributed by atoms with van der Waals surface area (Å²) in [7, 11) is 0. The van der Waals surface area contributed by atoms with Gasteiger partial charge in [0.1, 0.15) is 5.75 Å². The highest BCUT2D eigenvalue weighted by Gasteiger charge is 2.08. The van der Waals surface area contributed by atoms with Gasteiger partial charge in [-0.15, -0.1) is 11.3 Å². The first-order valence-corrected chi connectivity index (χ1v) is 7.52. The Morgan fingerprint density at radius 1 is 1.21 bits per heavy atom. The average Bonchev–Trinajstić information content (AvgIpc) is 2.84. The van der Waals surface area contributed by atoms with Crippen molar-refractivity contribution in [3.8, 4) is 5.75 Å². The minimum Gasteiger partial charge on any atom is -0.494 e. The van der Waals surface area contributed by atoms with Crippen molar-refractivity contribution in [3.63, 3.8) is 0 Å². The van der Waals surface area contributed by atoms with Crippen LogP contribution in [0.1, 0.15) is 35.2 Å². The number of benzene rings is 1. The second kappa shape index (κ2) is 6.73. The fourth-order valence-electron chi connectivity index (χ4n) is 2.00. The molecule has 1 N–H and O–H groups in total. The van der Waals surface area contributed by atoms with Gasteiger partial charge in [0, 0.05) is 27.9 Å². The Bertz CT molecular complexity index is 521. The summed E-state index contributed by atoms with van der Waals surface area (Å²) in [5.74, 6) is 0.979. The van der Waals surface area contributed by atoms with E-state index >= 15 is 0 Å². The third-order valence-electron chi connectivity index (χ3n) is 3.06. The molecule has 1 aromatic heterocycles. The van der Waals surface area contributed by atoms with Crippen LogP contribution in [0, 0.1) is 6.92 Å². The molecule has 102 valence electrons. The van der Waals surface area contributed by atoms with E-state index in [1.165, 1.54) is 15.3 Å². The van der Waals surface area contributed by atoms with Crippen molar-refractivity contribution in [1.29, 1.82) is 0 Å². The molecule has 0 saturated carbocycles. The second-order valence-corrected chi connectivity index (χ2v) is 5.91. The van der Waals surface area contributed by atoms with E-state index in [1.54, 1.807) is 0 Å². The van der Waals surface area contributed by atoms with E-state index in [2.05, 4.69) is 43.4 Å². The minimum atomic E-state index is 0.369. The van der Waals surface area contributed by atoms with E-state index in [0.29, 0.717) is 12.6 Å². The van der Waals surface area contributed by atoms with E-state index in [-0.39, 0.29) is 0 Å². The van der Waals surface area contributed by atoms with Crippen LogP contribution in [-0.2, 0) is 6.54 Å². The Balaban J connectivity index is 1.98. The molecule has 1 atom stereocenters. The van der Waals surface area contributed by atoms with Crippen LogP contribution in [0.5, 0.6) is 5.75 Å². The van der Waals surface area contributed by atoms with Crippen molar-refractivity contribution < 1.29 is 4.74 Å². The van der Waals surface area contributed by atoms with Gasteiger partial charge in [0.25, 0.3) is 0 Å². The van der Waals surface area contributed by atoms with E-state index in [9.17, 15) is 0 Å². The number of para-hydroxylation sites is 1. The lowest BCUT2D eigenvalue weighted by Gasteiger charge is -2.14. The molecule has 0 aliphatic carbocycles. The third kappa shape index (κ3) is 3.82. The van der Waals surface area contributed by atoms with Gasteiger partial charge in [0.05, 0.1) is 6.61 Å². The second-order valence-electron chi connectivity index (χ2n) is 4.59. The Morgan fingerprint density at radius 2 is 2.00 bits per heavy atom. The molecule has 1 unspecified atom stereocenters. The quantitative estimate of drug-likeness (QED) is 0.848. The van der Waals surface area contributed by atoms with E-state index in [0.717, 1.165) is 12.3 Å². The molecular formula is C16H21NOS. The van der Waals surface area contributed by atoms with Crippen molar-refractivity contribution in [3.05, 3.63) is 51.7 Å². The Morgan fingerprint density at radius 3 is 2.68 bits per heavy atom. The number of thiophene rings is 1. The monoisotopic (exact) mass is 275 g/mol. The molecule has 0 aliphatic heterocycles. The third-order valence-corrected chi connectivity index (χ3v) is 4.24. The van der Waals surface area contributed by atoms with Gasteiger partial charge in [-0.05, 0) is 39.0 Å². The van der Waals surface area contributed by atoms with Gasteiger partial charge < -0.3 is 10.1 Å². The van der Waals surface area contributed by atoms with E-state index in [4.69, 9.17) is 4.74 Å². The van der Waals surface area contributed by atoms with Crippen molar-refractivity contribution >= 4 is 11.3 Å². The van der Waals surface area contributed by atoms with Crippen LogP contribution in [-0.4, -0.2) is 6.61 Å². The zero-order valence-electron chi connectivity index (χ0n) is 11.8. The first-order chi connectivity index (χ1) is 9.20. The molecular weight excluding hydrogens is 254 g/mol. The number of ether oxygens (including phenoxy) is 1. The highest BCUT2D eigenvalue weighted by atomic mass is 32.1. The van der Waals surface area contributed by atoms with Crippen molar-refractivity contribution in [1.82, 2.24) is 5.32 Å². The SMILES string of the molecule is CCOc1ccccc1CNC(C)c1ccc(C)s1. The molecule has 0 spiro atoms. The van der Waals surface area contributed by atoms with E-state index in [1.807, 2.05) is 30.4 Å². The lowest BCUT2D eigenvalue weighted by Crippen LogP contribution is -2.17. The predicted octanol–water partition coefficient (Wildman–Crippen LogP) is 4.31. The van der Waals surface area contributed by atoms with Crippen LogP contribution in [0.15, 0.2) is 36.4 Å². The summed E-state index contributed by atoms with van der Waals surface area (Å²) >= 11 is 1.85. The fraction of sp³-hybridized carbons (Fsp3) is 0.375. The molecule has 2 rings (SSSR count). The van der Waals surface area contributed by atoms with Gasteiger partial charge in [-0.1, -0.05) is 18.2 Å². The topological polar surface area (TPSA) is 21.3 Å². The summed E-state index contributed by atoms with van der Waals surface area (Å²) in [5.41, 5.74) is 1.21. The zero-order valence-corrected chi connectivity index (χ0v) is 12.6. The Kier molecular flexibility index (Phi) is 5.00. The van der Waals surface area contributed by atoms with Gasteiger partial charge in [0.2, 0.25) is 0 Å². The minimum absolute atomic E-state index is 0.369. The summed E-state index contributed by atoms with van der Waals surface area (Å²) in [6.45, 7) is 7.89. The molecule has 0 saturated heterocycles. The number of aryl methyl sites for hydroxylation is 1. The molecule has 0 bridgehead atoms. The maximum atomic E-state index is 5.64. The van der Waals surface area contributed by atoms with Crippen LogP contribution >= 0.6 is 11.3 Å². The largest absolute Gasteiger partial charge is 0.494 e. The molecule has 1 aromatic carbocycles. The molecule has 0 fully saturated rings. The average molecular weight is 275 g/mol. The van der Waals surface area contributed by atoms with Crippen LogP contribution in [0.4, 0.5) is 0 Å². The predicted molar refractivity (Wildman–Crippen MR) is 81.9 cm³/mol. The number of hydrogen-bond donors (Lipinski definition) is 1. The molecule has 0 aliphatic rings. The van der Waals surface area contributed by atoms with Crippen LogP contribution in [0.3, 0.4) is 0 Å².